The molecule has 6 heteroatoms. The topological polar surface area (TPSA) is 77.8 Å². The quantitative estimate of drug-likeness (QED) is 0.789. The first kappa shape index (κ1) is 11.8. The summed E-state index contributed by atoms with van der Waals surface area (Å²) < 4.78 is 0.826. The molecule has 0 fully saturated rings. The van der Waals surface area contributed by atoms with Crippen LogP contribution in [0.1, 0.15) is 12.5 Å². The Labute approximate surface area is 106 Å². The molecule has 0 aliphatic carbocycles. The van der Waals surface area contributed by atoms with E-state index in [2.05, 4.69) is 31.1 Å². The van der Waals surface area contributed by atoms with E-state index in [4.69, 9.17) is 0 Å². The predicted octanol–water partition coefficient (Wildman–Crippen LogP) is 3.57. The van der Waals surface area contributed by atoms with E-state index < -0.39 is 5.91 Å². The van der Waals surface area contributed by atoms with E-state index in [1.54, 1.807) is 0 Å². The molecule has 1 heterocycles. The summed E-state index contributed by atoms with van der Waals surface area (Å²) in [6.07, 6.45) is 0. The summed E-state index contributed by atoms with van der Waals surface area (Å²) >= 11 is 3.39. The average molecular weight is 296 g/mol. The lowest BCUT2D eigenvalue weighted by Gasteiger charge is -1.97. The van der Waals surface area contributed by atoms with E-state index in [-0.39, 0.29) is 11.6 Å². The summed E-state index contributed by atoms with van der Waals surface area (Å²) in [5, 5.41) is 17.6. The molecular weight excluding hydrogens is 286 g/mol. The molecular formula is C11H10BrN3O2. The van der Waals surface area contributed by atoms with E-state index in [0.717, 1.165) is 20.9 Å². The van der Waals surface area contributed by atoms with Gasteiger partial charge in [-0.05, 0) is 40.5 Å². The molecule has 0 saturated carbocycles. The van der Waals surface area contributed by atoms with Crippen molar-refractivity contribution in [2.24, 2.45) is 10.2 Å². The van der Waals surface area contributed by atoms with Crippen molar-refractivity contribution in [3.05, 3.63) is 22.2 Å². The number of carbonyl (C=O) groups is 1. The van der Waals surface area contributed by atoms with Gasteiger partial charge in [0.1, 0.15) is 0 Å². The zero-order valence-electron chi connectivity index (χ0n) is 9.28. The Morgan fingerprint density at radius 3 is 2.82 bits per heavy atom. The molecule has 0 radical (unpaired) electrons. The van der Waals surface area contributed by atoms with Gasteiger partial charge < -0.3 is 10.1 Å². The van der Waals surface area contributed by atoms with Gasteiger partial charge in [-0.25, -0.2) is 0 Å². The van der Waals surface area contributed by atoms with Crippen LogP contribution >= 0.6 is 15.9 Å². The second-order valence-electron chi connectivity index (χ2n) is 3.71. The number of nitrogens with one attached hydrogen (secondary N) is 1. The number of H-pyrrole nitrogens is 1. The summed E-state index contributed by atoms with van der Waals surface area (Å²) in [4.78, 5) is 13.5. The van der Waals surface area contributed by atoms with Gasteiger partial charge in [0.25, 0.3) is 5.91 Å². The highest BCUT2D eigenvalue weighted by atomic mass is 79.9. The molecule has 1 amide bonds. The van der Waals surface area contributed by atoms with Crippen molar-refractivity contribution >= 4 is 38.4 Å². The lowest BCUT2D eigenvalue weighted by Crippen LogP contribution is -1.78. The van der Waals surface area contributed by atoms with Gasteiger partial charge in [0.2, 0.25) is 5.88 Å². The van der Waals surface area contributed by atoms with Gasteiger partial charge in [0.05, 0.1) is 5.52 Å². The highest BCUT2D eigenvalue weighted by Crippen LogP contribution is 2.39. The predicted molar refractivity (Wildman–Crippen MR) is 67.6 cm³/mol. The minimum atomic E-state index is -0.412. The standard InChI is InChI=1S/C11H10BrN3O2/c1-5-3-7-9(8(12)4-5)13-11(17)10(7)15-14-6(2)16/h3-4,13,17H,1-2H3. The molecule has 0 aliphatic heterocycles. The minimum absolute atomic E-state index is 0.101. The Bertz CT molecular complexity index is 631. The third-order valence-corrected chi connectivity index (χ3v) is 2.87. The average Bonchev–Trinajstić information content (AvgIpc) is 2.52. The van der Waals surface area contributed by atoms with Crippen LogP contribution in [0.25, 0.3) is 10.9 Å². The number of aromatic amines is 1. The highest BCUT2D eigenvalue weighted by Gasteiger charge is 2.13. The van der Waals surface area contributed by atoms with Crippen LogP contribution in [0.4, 0.5) is 5.69 Å². The molecule has 88 valence electrons. The Balaban J connectivity index is 2.70. The molecule has 0 spiro atoms. The number of carbonyl (C=O) groups excluding carboxylic acids is 1. The van der Waals surface area contributed by atoms with Crippen molar-refractivity contribution in [3.8, 4) is 5.88 Å². The van der Waals surface area contributed by atoms with Crippen LogP contribution in [0, 0.1) is 6.92 Å². The zero-order valence-corrected chi connectivity index (χ0v) is 10.9. The molecule has 0 aliphatic rings. The third-order valence-electron chi connectivity index (χ3n) is 2.25. The van der Waals surface area contributed by atoms with Gasteiger partial charge in [-0.3, -0.25) is 4.79 Å². The summed E-state index contributed by atoms with van der Waals surface area (Å²) in [7, 11) is 0. The lowest BCUT2D eigenvalue weighted by atomic mass is 10.1. The van der Waals surface area contributed by atoms with Crippen molar-refractivity contribution in [2.75, 3.05) is 0 Å². The largest absolute Gasteiger partial charge is 0.493 e. The molecule has 0 unspecified atom stereocenters. The normalized spacial score (nSPS) is 11.5. The second-order valence-corrected chi connectivity index (χ2v) is 4.56. The van der Waals surface area contributed by atoms with Gasteiger partial charge in [-0.2, -0.15) is 0 Å². The monoisotopic (exact) mass is 295 g/mol. The molecule has 17 heavy (non-hydrogen) atoms. The first-order chi connectivity index (χ1) is 7.99. The van der Waals surface area contributed by atoms with E-state index in [0.29, 0.717) is 0 Å². The van der Waals surface area contributed by atoms with Crippen LogP contribution in [-0.2, 0) is 4.79 Å². The number of fused-ring (bicyclic) bond motifs is 1. The van der Waals surface area contributed by atoms with Crippen molar-refractivity contribution in [1.82, 2.24) is 4.98 Å². The maximum absolute atomic E-state index is 10.8. The van der Waals surface area contributed by atoms with Crippen LogP contribution in [0.5, 0.6) is 5.88 Å². The number of hydrogen-bond acceptors (Lipinski definition) is 3. The zero-order chi connectivity index (χ0) is 12.6. The van der Waals surface area contributed by atoms with Crippen LogP contribution < -0.4 is 0 Å². The molecule has 0 atom stereocenters. The van der Waals surface area contributed by atoms with Crippen LogP contribution in [-0.4, -0.2) is 16.0 Å². The molecule has 0 bridgehead atoms. The number of amides is 1. The maximum Gasteiger partial charge on any atom is 0.261 e. The molecule has 1 aromatic heterocycles. The van der Waals surface area contributed by atoms with Crippen LogP contribution in [0.15, 0.2) is 26.8 Å². The number of rotatable bonds is 1. The smallest absolute Gasteiger partial charge is 0.261 e. The fourth-order valence-corrected chi connectivity index (χ4v) is 2.26. The van der Waals surface area contributed by atoms with Gasteiger partial charge in [0.15, 0.2) is 5.69 Å². The van der Waals surface area contributed by atoms with Gasteiger partial charge >= 0.3 is 0 Å². The first-order valence-electron chi connectivity index (χ1n) is 4.92. The second kappa shape index (κ2) is 4.29. The van der Waals surface area contributed by atoms with E-state index in [9.17, 15) is 9.90 Å². The summed E-state index contributed by atoms with van der Waals surface area (Å²) in [6.45, 7) is 3.23. The van der Waals surface area contributed by atoms with Gasteiger partial charge in [-0.15, -0.1) is 10.2 Å². The number of azo groups is 1. The van der Waals surface area contributed by atoms with Gasteiger partial charge in [-0.1, -0.05) is 0 Å². The summed E-state index contributed by atoms with van der Waals surface area (Å²) in [5.41, 5.74) is 2.02. The molecule has 2 N–H and O–H groups in total. The summed E-state index contributed by atoms with van der Waals surface area (Å²) in [5.74, 6) is -0.512. The number of hydrogen-bond donors (Lipinski definition) is 2. The fraction of sp³-hybridized carbons (Fsp3) is 0.182. The molecule has 2 rings (SSSR count). The first-order valence-corrected chi connectivity index (χ1v) is 5.71. The number of halogens is 1. The van der Waals surface area contributed by atoms with Crippen LogP contribution in [0.3, 0.4) is 0 Å². The van der Waals surface area contributed by atoms with E-state index >= 15 is 0 Å². The van der Waals surface area contributed by atoms with Crippen molar-refractivity contribution < 1.29 is 9.90 Å². The molecule has 5 nitrogen and oxygen atoms in total. The van der Waals surface area contributed by atoms with Crippen LogP contribution in [0.2, 0.25) is 0 Å². The van der Waals surface area contributed by atoms with Gasteiger partial charge in [0, 0.05) is 16.8 Å². The van der Waals surface area contributed by atoms with E-state index in [1.807, 2.05) is 19.1 Å². The lowest BCUT2D eigenvalue weighted by molar-refractivity contribution is -0.116. The molecule has 0 saturated heterocycles. The van der Waals surface area contributed by atoms with Crippen molar-refractivity contribution in [1.29, 1.82) is 0 Å². The Morgan fingerprint density at radius 2 is 2.18 bits per heavy atom. The maximum atomic E-state index is 10.8. The number of aromatic hydroxyl groups is 1. The van der Waals surface area contributed by atoms with E-state index in [1.165, 1.54) is 6.92 Å². The minimum Gasteiger partial charge on any atom is -0.493 e. The Kier molecular flexibility index (Phi) is 2.97. The third kappa shape index (κ3) is 2.21. The van der Waals surface area contributed by atoms with Crippen molar-refractivity contribution in [3.63, 3.8) is 0 Å². The number of aromatic nitrogens is 1. The van der Waals surface area contributed by atoms with Crippen molar-refractivity contribution in [2.45, 2.75) is 13.8 Å². The summed E-state index contributed by atoms with van der Waals surface area (Å²) in [6, 6.07) is 3.79. The number of nitrogens with zero attached hydrogens (tertiary/aromatic N) is 2. The SMILES string of the molecule is CC(=O)N=Nc1c(O)[nH]c2c(Br)cc(C)cc12. The fourth-order valence-electron chi connectivity index (χ4n) is 1.58. The number of aryl methyl sites for hydroxylation is 1. The molecule has 2 aromatic rings. The Morgan fingerprint density at radius 1 is 1.47 bits per heavy atom. The Hall–Kier alpha value is -1.69. The highest BCUT2D eigenvalue weighted by molar-refractivity contribution is 9.10. The number of benzene rings is 1. The molecule has 1 aromatic carbocycles.